The second-order valence-corrected chi connectivity index (χ2v) is 6.25. The van der Waals surface area contributed by atoms with Crippen molar-refractivity contribution in [1.29, 1.82) is 0 Å². The molecule has 2 fully saturated rings. The van der Waals surface area contributed by atoms with Crippen molar-refractivity contribution in [2.45, 2.75) is 25.7 Å². The van der Waals surface area contributed by atoms with Crippen LogP contribution in [0.25, 0.3) is 0 Å². The van der Waals surface area contributed by atoms with E-state index in [0.717, 1.165) is 30.6 Å². The monoisotopic (exact) mass is 331 g/mol. The van der Waals surface area contributed by atoms with Gasteiger partial charge in [0, 0.05) is 6.07 Å². The number of esters is 1. The third-order valence-electron chi connectivity index (χ3n) is 4.80. The van der Waals surface area contributed by atoms with Crippen LogP contribution < -0.4 is 14.2 Å². The van der Waals surface area contributed by atoms with E-state index >= 15 is 0 Å². The van der Waals surface area contributed by atoms with Crippen molar-refractivity contribution in [2.24, 2.45) is 11.8 Å². The molecular formula is C17H17NO6. The van der Waals surface area contributed by atoms with Crippen LogP contribution in [0.1, 0.15) is 25.7 Å². The minimum Gasteiger partial charge on any atom is -0.454 e. The fourth-order valence-corrected chi connectivity index (χ4v) is 3.62. The van der Waals surface area contributed by atoms with Crippen molar-refractivity contribution >= 4 is 17.8 Å². The first kappa shape index (κ1) is 15.0. The van der Waals surface area contributed by atoms with Crippen molar-refractivity contribution in [3.63, 3.8) is 0 Å². The third kappa shape index (κ3) is 2.50. The molecule has 0 N–H and O–H groups in total. The van der Waals surface area contributed by atoms with Crippen LogP contribution in [0, 0.1) is 11.8 Å². The minimum atomic E-state index is -0.644. The van der Waals surface area contributed by atoms with Crippen LogP contribution in [-0.2, 0) is 14.4 Å². The maximum Gasteiger partial charge on any atom is 0.331 e. The lowest BCUT2D eigenvalue weighted by molar-refractivity contribution is -0.148. The molecule has 24 heavy (non-hydrogen) atoms. The standard InChI is InChI=1S/C17H17NO6/c19-15(24-10-5-6-13-14(7-10)23-9-22-13)8-18-16(20)11-3-1-2-4-12(11)17(18)21/h5-7,11-12H,1-4,8-9H2. The highest BCUT2D eigenvalue weighted by molar-refractivity contribution is 6.07. The number of amides is 2. The van der Waals surface area contributed by atoms with Gasteiger partial charge in [0.15, 0.2) is 11.5 Å². The van der Waals surface area contributed by atoms with Gasteiger partial charge in [0.1, 0.15) is 12.3 Å². The van der Waals surface area contributed by atoms with E-state index in [1.807, 2.05) is 0 Å². The van der Waals surface area contributed by atoms with Crippen LogP contribution in [0.3, 0.4) is 0 Å². The number of hydrogen-bond acceptors (Lipinski definition) is 6. The summed E-state index contributed by atoms with van der Waals surface area (Å²) in [5.74, 6) is -0.271. The second kappa shape index (κ2) is 5.81. The largest absolute Gasteiger partial charge is 0.454 e. The molecular weight excluding hydrogens is 314 g/mol. The number of nitrogens with zero attached hydrogens (tertiary/aromatic N) is 1. The van der Waals surface area contributed by atoms with E-state index in [1.54, 1.807) is 18.2 Å². The van der Waals surface area contributed by atoms with Crippen LogP contribution >= 0.6 is 0 Å². The van der Waals surface area contributed by atoms with Gasteiger partial charge in [-0.15, -0.1) is 0 Å². The molecule has 2 atom stereocenters. The van der Waals surface area contributed by atoms with Crippen LogP contribution in [0.15, 0.2) is 18.2 Å². The van der Waals surface area contributed by atoms with Gasteiger partial charge in [-0.3, -0.25) is 14.5 Å². The van der Waals surface area contributed by atoms with Crippen LogP contribution in [0.4, 0.5) is 0 Å². The summed E-state index contributed by atoms with van der Waals surface area (Å²) in [7, 11) is 0. The number of carbonyl (C=O) groups excluding carboxylic acids is 3. The molecule has 2 unspecified atom stereocenters. The lowest BCUT2D eigenvalue weighted by atomic mass is 9.81. The molecule has 1 aromatic carbocycles. The van der Waals surface area contributed by atoms with Crippen LogP contribution in [0.2, 0.25) is 0 Å². The summed E-state index contributed by atoms with van der Waals surface area (Å²) in [6, 6.07) is 4.78. The summed E-state index contributed by atoms with van der Waals surface area (Å²) in [5.41, 5.74) is 0. The predicted octanol–water partition coefficient (Wildman–Crippen LogP) is 1.50. The first-order chi connectivity index (χ1) is 11.6. The molecule has 1 aliphatic carbocycles. The summed E-state index contributed by atoms with van der Waals surface area (Å²) >= 11 is 0. The molecule has 2 heterocycles. The van der Waals surface area contributed by atoms with E-state index in [1.165, 1.54) is 0 Å². The van der Waals surface area contributed by atoms with Crippen LogP contribution in [0.5, 0.6) is 17.2 Å². The number of rotatable bonds is 3. The Morgan fingerprint density at radius 2 is 1.75 bits per heavy atom. The average Bonchev–Trinajstić information content (AvgIpc) is 3.14. The van der Waals surface area contributed by atoms with Gasteiger partial charge in [-0.25, -0.2) is 4.79 Å². The number of benzene rings is 1. The van der Waals surface area contributed by atoms with Crippen molar-refractivity contribution in [3.8, 4) is 17.2 Å². The SMILES string of the molecule is O=C(CN1C(=O)C2CCCCC2C1=O)Oc1ccc2c(c1)OCO2. The van der Waals surface area contributed by atoms with Gasteiger partial charge in [0.05, 0.1) is 11.8 Å². The zero-order chi connectivity index (χ0) is 16.7. The zero-order valence-electron chi connectivity index (χ0n) is 13.0. The highest BCUT2D eigenvalue weighted by Crippen LogP contribution is 2.38. The second-order valence-electron chi connectivity index (χ2n) is 6.25. The number of carbonyl (C=O) groups is 3. The topological polar surface area (TPSA) is 82.1 Å². The van der Waals surface area contributed by atoms with E-state index in [0.29, 0.717) is 17.2 Å². The molecule has 7 nitrogen and oxygen atoms in total. The maximum absolute atomic E-state index is 12.4. The van der Waals surface area contributed by atoms with Crippen molar-refractivity contribution in [1.82, 2.24) is 4.90 Å². The molecule has 0 bridgehead atoms. The Morgan fingerprint density at radius 1 is 1.08 bits per heavy atom. The van der Waals surface area contributed by atoms with Crippen LogP contribution in [-0.4, -0.2) is 36.0 Å². The molecule has 0 aromatic heterocycles. The first-order valence-electron chi connectivity index (χ1n) is 8.09. The fourth-order valence-electron chi connectivity index (χ4n) is 3.62. The molecule has 0 spiro atoms. The van der Waals surface area contributed by atoms with Crippen molar-refractivity contribution in [3.05, 3.63) is 18.2 Å². The van der Waals surface area contributed by atoms with E-state index in [4.69, 9.17) is 14.2 Å². The third-order valence-corrected chi connectivity index (χ3v) is 4.80. The van der Waals surface area contributed by atoms with E-state index in [9.17, 15) is 14.4 Å². The van der Waals surface area contributed by atoms with E-state index in [-0.39, 0.29) is 37.0 Å². The first-order valence-corrected chi connectivity index (χ1v) is 8.09. The Labute approximate surface area is 138 Å². The lowest BCUT2D eigenvalue weighted by Crippen LogP contribution is -2.37. The Balaban J connectivity index is 1.42. The predicted molar refractivity (Wildman–Crippen MR) is 80.4 cm³/mol. The molecule has 1 aromatic rings. The Morgan fingerprint density at radius 3 is 2.46 bits per heavy atom. The minimum absolute atomic E-state index is 0.131. The lowest BCUT2D eigenvalue weighted by Gasteiger charge is -2.19. The molecule has 126 valence electrons. The number of likely N-dealkylation sites (tertiary alicyclic amines) is 1. The Kier molecular flexibility index (Phi) is 3.63. The quantitative estimate of drug-likeness (QED) is 0.474. The summed E-state index contributed by atoms with van der Waals surface area (Å²) in [5, 5.41) is 0. The highest BCUT2D eigenvalue weighted by Gasteiger charge is 2.48. The summed E-state index contributed by atoms with van der Waals surface area (Å²) in [6.07, 6.45) is 3.36. The molecule has 0 radical (unpaired) electrons. The van der Waals surface area contributed by atoms with E-state index < -0.39 is 5.97 Å². The smallest absolute Gasteiger partial charge is 0.331 e. The highest BCUT2D eigenvalue weighted by atomic mass is 16.7. The van der Waals surface area contributed by atoms with Gasteiger partial charge in [0.25, 0.3) is 0 Å². The molecule has 1 saturated carbocycles. The average molecular weight is 331 g/mol. The zero-order valence-corrected chi connectivity index (χ0v) is 13.0. The number of hydrogen-bond donors (Lipinski definition) is 0. The van der Waals surface area contributed by atoms with Gasteiger partial charge in [-0.2, -0.15) is 0 Å². The van der Waals surface area contributed by atoms with Gasteiger partial charge in [-0.1, -0.05) is 12.8 Å². The summed E-state index contributed by atoms with van der Waals surface area (Å²) in [4.78, 5) is 37.9. The molecule has 4 rings (SSSR count). The Hall–Kier alpha value is -2.57. The number of imide groups is 1. The van der Waals surface area contributed by atoms with Crippen molar-refractivity contribution < 1.29 is 28.6 Å². The molecule has 1 saturated heterocycles. The molecule has 2 aliphatic heterocycles. The summed E-state index contributed by atoms with van der Waals surface area (Å²) < 4.78 is 15.6. The summed E-state index contributed by atoms with van der Waals surface area (Å²) in [6.45, 7) is -0.217. The van der Waals surface area contributed by atoms with Gasteiger partial charge in [-0.05, 0) is 25.0 Å². The van der Waals surface area contributed by atoms with Gasteiger partial charge < -0.3 is 14.2 Å². The number of fused-ring (bicyclic) bond motifs is 2. The van der Waals surface area contributed by atoms with Gasteiger partial charge >= 0.3 is 5.97 Å². The molecule has 7 heteroatoms. The van der Waals surface area contributed by atoms with Crippen molar-refractivity contribution in [2.75, 3.05) is 13.3 Å². The van der Waals surface area contributed by atoms with Gasteiger partial charge in [0.2, 0.25) is 18.6 Å². The molecule has 2 amide bonds. The van der Waals surface area contributed by atoms with E-state index in [2.05, 4.69) is 0 Å². The normalized spacial score (nSPS) is 24.9. The number of ether oxygens (including phenoxy) is 3. The maximum atomic E-state index is 12.4. The fraction of sp³-hybridized carbons (Fsp3) is 0.471. The Bertz CT molecular complexity index is 691. The molecule has 3 aliphatic rings.